The van der Waals surface area contributed by atoms with E-state index in [2.05, 4.69) is 10.1 Å². The predicted molar refractivity (Wildman–Crippen MR) is 63.9 cm³/mol. The molecule has 4 nitrogen and oxygen atoms in total. The second-order valence-corrected chi connectivity index (χ2v) is 3.54. The average Bonchev–Trinajstić information content (AvgIpc) is 2.22. The number of nitrogens with zero attached hydrogens (tertiary/aromatic N) is 2. The van der Waals surface area contributed by atoms with E-state index in [9.17, 15) is 4.79 Å². The fraction of sp³-hybridized carbons (Fsp3) is 0.250. The fourth-order valence-electron chi connectivity index (χ4n) is 1.26. The number of benzene rings is 1. The molecule has 1 aromatic carbocycles. The van der Waals surface area contributed by atoms with Crippen molar-refractivity contribution in [2.45, 2.75) is 20.8 Å². The molecule has 0 bridgehead atoms. The van der Waals surface area contributed by atoms with Crippen molar-refractivity contribution in [3.05, 3.63) is 29.8 Å². The van der Waals surface area contributed by atoms with Crippen molar-refractivity contribution < 1.29 is 10.0 Å². The van der Waals surface area contributed by atoms with E-state index in [0.717, 1.165) is 11.3 Å². The van der Waals surface area contributed by atoms with Gasteiger partial charge in [0, 0.05) is 6.92 Å². The highest BCUT2D eigenvalue weighted by Crippen LogP contribution is 2.13. The number of ketones is 1. The summed E-state index contributed by atoms with van der Waals surface area (Å²) in [5.74, 6) is -0.309. The highest BCUT2D eigenvalue weighted by Gasteiger charge is 2.10. The molecule has 4 heteroatoms. The van der Waals surface area contributed by atoms with Crippen LogP contribution in [0.5, 0.6) is 0 Å². The van der Waals surface area contributed by atoms with Crippen molar-refractivity contribution >= 4 is 22.9 Å². The first kappa shape index (κ1) is 12.1. The summed E-state index contributed by atoms with van der Waals surface area (Å²) < 4.78 is 0. The molecule has 0 aliphatic heterocycles. The Morgan fingerprint density at radius 2 is 1.75 bits per heavy atom. The molecular weight excluding hydrogens is 204 g/mol. The Bertz CT molecular complexity index is 445. The van der Waals surface area contributed by atoms with Gasteiger partial charge in [-0.15, -0.1) is 0 Å². The normalized spacial score (nSPS) is 12.7. The first-order chi connectivity index (χ1) is 7.54. The van der Waals surface area contributed by atoms with Gasteiger partial charge in [0.15, 0.2) is 11.5 Å². The van der Waals surface area contributed by atoms with Gasteiger partial charge < -0.3 is 5.21 Å². The van der Waals surface area contributed by atoms with Crippen LogP contribution in [-0.4, -0.2) is 22.4 Å². The Morgan fingerprint density at radius 1 is 1.19 bits per heavy atom. The summed E-state index contributed by atoms with van der Waals surface area (Å²) >= 11 is 0. The third-order valence-corrected chi connectivity index (χ3v) is 2.11. The van der Waals surface area contributed by atoms with Crippen LogP contribution < -0.4 is 0 Å². The van der Waals surface area contributed by atoms with E-state index in [1.807, 2.05) is 31.2 Å². The number of hydrogen-bond donors (Lipinski definition) is 1. The lowest BCUT2D eigenvalue weighted by molar-refractivity contribution is -0.111. The van der Waals surface area contributed by atoms with Crippen LogP contribution in [0.2, 0.25) is 0 Å². The number of rotatable bonds is 3. The van der Waals surface area contributed by atoms with Crippen molar-refractivity contribution in [3.8, 4) is 0 Å². The molecule has 0 fully saturated rings. The van der Waals surface area contributed by atoms with Gasteiger partial charge >= 0.3 is 0 Å². The molecule has 0 heterocycles. The molecule has 1 aromatic rings. The molecular formula is C12H14N2O2. The van der Waals surface area contributed by atoms with Gasteiger partial charge in [0.2, 0.25) is 0 Å². The van der Waals surface area contributed by atoms with Gasteiger partial charge in [-0.25, -0.2) is 0 Å². The lowest BCUT2D eigenvalue weighted by Crippen LogP contribution is -2.19. The molecule has 0 atom stereocenters. The maximum absolute atomic E-state index is 11.1. The molecule has 1 rings (SSSR count). The van der Waals surface area contributed by atoms with Crippen LogP contribution in [0.25, 0.3) is 0 Å². The molecule has 0 aromatic heterocycles. The number of carbonyl (C=O) groups is 1. The molecule has 0 radical (unpaired) electrons. The van der Waals surface area contributed by atoms with E-state index < -0.39 is 0 Å². The van der Waals surface area contributed by atoms with Crippen LogP contribution in [0.4, 0.5) is 5.69 Å². The lowest BCUT2D eigenvalue weighted by atomic mass is 10.2. The third-order valence-electron chi connectivity index (χ3n) is 2.11. The van der Waals surface area contributed by atoms with Crippen molar-refractivity contribution in [2.75, 3.05) is 0 Å². The summed E-state index contributed by atoms with van der Waals surface area (Å²) in [5, 5.41) is 11.6. The van der Waals surface area contributed by atoms with Crippen molar-refractivity contribution in [3.63, 3.8) is 0 Å². The molecule has 0 aliphatic carbocycles. The van der Waals surface area contributed by atoms with E-state index in [4.69, 9.17) is 5.21 Å². The maximum Gasteiger partial charge on any atom is 0.183 e. The molecule has 16 heavy (non-hydrogen) atoms. The first-order valence-electron chi connectivity index (χ1n) is 4.90. The molecule has 0 saturated carbocycles. The second kappa shape index (κ2) is 5.21. The number of hydrogen-bond acceptors (Lipinski definition) is 4. The molecule has 0 saturated heterocycles. The van der Waals surface area contributed by atoms with Gasteiger partial charge in [-0.3, -0.25) is 9.79 Å². The molecule has 0 aliphatic rings. The van der Waals surface area contributed by atoms with Gasteiger partial charge in [0.25, 0.3) is 0 Å². The quantitative estimate of drug-likeness (QED) is 0.481. The topological polar surface area (TPSA) is 62.0 Å². The first-order valence-corrected chi connectivity index (χ1v) is 4.90. The molecule has 0 amide bonds. The molecule has 84 valence electrons. The van der Waals surface area contributed by atoms with Gasteiger partial charge in [0.05, 0.1) is 11.4 Å². The highest BCUT2D eigenvalue weighted by atomic mass is 16.4. The van der Waals surface area contributed by atoms with Crippen molar-refractivity contribution in [1.82, 2.24) is 0 Å². The Labute approximate surface area is 94.3 Å². The minimum absolute atomic E-state index is 0.0134. The van der Waals surface area contributed by atoms with Crippen LogP contribution in [0, 0.1) is 6.92 Å². The highest BCUT2D eigenvalue weighted by molar-refractivity contribution is 6.66. The smallest absolute Gasteiger partial charge is 0.183 e. The van der Waals surface area contributed by atoms with Crippen LogP contribution in [0.3, 0.4) is 0 Å². The van der Waals surface area contributed by atoms with Gasteiger partial charge in [0.1, 0.15) is 0 Å². The summed E-state index contributed by atoms with van der Waals surface area (Å²) in [4.78, 5) is 15.3. The zero-order chi connectivity index (χ0) is 12.1. The summed E-state index contributed by atoms with van der Waals surface area (Å²) in [5.41, 5.74) is 2.25. The Morgan fingerprint density at radius 3 is 2.19 bits per heavy atom. The number of aryl methyl sites for hydroxylation is 1. The maximum atomic E-state index is 11.1. The van der Waals surface area contributed by atoms with E-state index >= 15 is 0 Å². The summed E-state index contributed by atoms with van der Waals surface area (Å²) in [6, 6.07) is 7.53. The SMILES string of the molecule is CC(=O)/C(=N\O)C(C)=Nc1ccc(C)cc1. The number of aliphatic imine (C=N–C) groups is 1. The van der Waals surface area contributed by atoms with E-state index in [1.165, 1.54) is 6.92 Å². The van der Waals surface area contributed by atoms with Gasteiger partial charge in [-0.1, -0.05) is 22.9 Å². The lowest BCUT2D eigenvalue weighted by Gasteiger charge is -2.00. The molecule has 1 N–H and O–H groups in total. The van der Waals surface area contributed by atoms with Crippen molar-refractivity contribution in [1.29, 1.82) is 0 Å². The van der Waals surface area contributed by atoms with Gasteiger partial charge in [-0.2, -0.15) is 0 Å². The number of oxime groups is 1. The summed E-state index contributed by atoms with van der Waals surface area (Å²) in [6.45, 7) is 4.95. The molecule has 0 unspecified atom stereocenters. The van der Waals surface area contributed by atoms with Gasteiger partial charge in [-0.05, 0) is 26.0 Å². The Hall–Kier alpha value is -1.97. The average molecular weight is 218 g/mol. The summed E-state index contributed by atoms with van der Waals surface area (Å²) in [6.07, 6.45) is 0. The predicted octanol–water partition coefficient (Wildman–Crippen LogP) is 2.51. The van der Waals surface area contributed by atoms with E-state index in [1.54, 1.807) is 6.92 Å². The zero-order valence-electron chi connectivity index (χ0n) is 9.56. The van der Waals surface area contributed by atoms with Crippen LogP contribution in [-0.2, 0) is 4.79 Å². The second-order valence-electron chi connectivity index (χ2n) is 3.54. The Balaban J connectivity index is 3.00. The van der Waals surface area contributed by atoms with E-state index in [0.29, 0.717) is 5.71 Å². The fourth-order valence-corrected chi connectivity index (χ4v) is 1.26. The van der Waals surface area contributed by atoms with Crippen LogP contribution >= 0.6 is 0 Å². The minimum Gasteiger partial charge on any atom is -0.410 e. The number of carbonyl (C=O) groups excluding carboxylic acids is 1. The molecule has 0 spiro atoms. The third kappa shape index (κ3) is 3.02. The van der Waals surface area contributed by atoms with Crippen molar-refractivity contribution in [2.24, 2.45) is 10.1 Å². The monoisotopic (exact) mass is 218 g/mol. The summed E-state index contributed by atoms with van der Waals surface area (Å²) in [7, 11) is 0. The standard InChI is InChI=1S/C12H14N2O2/c1-8-4-6-11(7-5-8)13-9(2)12(14-16)10(3)15/h4-7,16H,1-3H3/b13-9?,14-12-. The van der Waals surface area contributed by atoms with Crippen LogP contribution in [0.1, 0.15) is 19.4 Å². The number of Topliss-reactive ketones (excluding diaryl/α,β-unsaturated/α-hetero) is 1. The minimum atomic E-state index is -0.309. The van der Waals surface area contributed by atoms with Crippen LogP contribution in [0.15, 0.2) is 34.4 Å². The van der Waals surface area contributed by atoms with E-state index in [-0.39, 0.29) is 11.5 Å². The zero-order valence-corrected chi connectivity index (χ0v) is 9.56. The Kier molecular flexibility index (Phi) is 3.94. The largest absolute Gasteiger partial charge is 0.410 e.